The molecule has 0 atom stereocenters. The Morgan fingerprint density at radius 1 is 1.29 bits per heavy atom. The lowest BCUT2D eigenvalue weighted by Gasteiger charge is -2.10. The van der Waals surface area contributed by atoms with Crippen molar-refractivity contribution in [2.24, 2.45) is 0 Å². The predicted molar refractivity (Wildman–Crippen MR) is 51.6 cm³/mol. The minimum absolute atomic E-state index is 0.0510. The monoisotopic (exact) mass is 200 g/mol. The zero-order valence-electron chi connectivity index (χ0n) is 8.60. The summed E-state index contributed by atoms with van der Waals surface area (Å²) in [6.07, 6.45) is 0. The molecule has 0 aliphatic heterocycles. The van der Waals surface area contributed by atoms with Crippen LogP contribution in [0.25, 0.3) is 0 Å². The average Bonchev–Trinajstić information content (AvgIpc) is 2.11. The summed E-state index contributed by atoms with van der Waals surface area (Å²) in [5.41, 5.74) is 0.355. The van der Waals surface area contributed by atoms with E-state index in [0.717, 1.165) is 6.07 Å². The molecule has 0 fully saturated rings. The molecule has 0 saturated heterocycles. The van der Waals surface area contributed by atoms with Crippen LogP contribution in [-0.2, 0) is 0 Å². The van der Waals surface area contributed by atoms with Crippen LogP contribution in [-0.4, -0.2) is 6.61 Å². The molecule has 0 N–H and O–H groups in total. The Labute approximate surface area is 82.7 Å². The van der Waals surface area contributed by atoms with Gasteiger partial charge in [0.25, 0.3) is 0 Å². The molecular formula is C11H14F2O. The molecular weight excluding hydrogens is 186 g/mol. The van der Waals surface area contributed by atoms with Crippen molar-refractivity contribution in [3.63, 3.8) is 0 Å². The first kappa shape index (κ1) is 11.0. The average molecular weight is 200 g/mol. The van der Waals surface area contributed by atoms with Crippen molar-refractivity contribution in [2.45, 2.75) is 26.7 Å². The molecule has 0 saturated carbocycles. The molecule has 0 unspecified atom stereocenters. The zero-order valence-corrected chi connectivity index (χ0v) is 8.60. The fourth-order valence-corrected chi connectivity index (χ4v) is 1.25. The van der Waals surface area contributed by atoms with E-state index in [1.54, 1.807) is 13.0 Å². The molecule has 0 aliphatic rings. The smallest absolute Gasteiger partial charge is 0.162 e. The van der Waals surface area contributed by atoms with E-state index in [0.29, 0.717) is 17.9 Å². The second-order valence-corrected chi connectivity index (χ2v) is 3.40. The minimum atomic E-state index is -0.848. The molecule has 0 aromatic heterocycles. The Morgan fingerprint density at radius 2 is 1.93 bits per heavy atom. The van der Waals surface area contributed by atoms with E-state index in [4.69, 9.17) is 4.74 Å². The number of rotatable bonds is 3. The third-order valence-electron chi connectivity index (χ3n) is 1.96. The largest absolute Gasteiger partial charge is 0.494 e. The molecule has 1 nitrogen and oxygen atoms in total. The van der Waals surface area contributed by atoms with Gasteiger partial charge in [-0.1, -0.05) is 13.8 Å². The first-order valence-corrected chi connectivity index (χ1v) is 4.68. The van der Waals surface area contributed by atoms with Crippen LogP contribution in [0.1, 0.15) is 32.3 Å². The van der Waals surface area contributed by atoms with Crippen LogP contribution in [0.4, 0.5) is 8.78 Å². The highest BCUT2D eigenvalue weighted by molar-refractivity contribution is 5.32. The third kappa shape index (κ3) is 2.22. The SMILES string of the molecule is CCOc1cc(F)c(F)c(C(C)C)c1. The van der Waals surface area contributed by atoms with Gasteiger partial charge in [0.2, 0.25) is 0 Å². The van der Waals surface area contributed by atoms with Crippen LogP contribution in [0.2, 0.25) is 0 Å². The molecule has 1 aromatic rings. The lowest BCUT2D eigenvalue weighted by molar-refractivity contribution is 0.335. The lowest BCUT2D eigenvalue weighted by Crippen LogP contribution is -2.00. The number of benzene rings is 1. The van der Waals surface area contributed by atoms with Crippen LogP contribution < -0.4 is 4.74 Å². The maximum atomic E-state index is 13.2. The normalized spacial score (nSPS) is 10.7. The standard InChI is InChI=1S/C11H14F2O/c1-4-14-8-5-9(7(2)3)11(13)10(12)6-8/h5-7H,4H2,1-3H3. The molecule has 1 rings (SSSR count). The molecule has 78 valence electrons. The van der Waals surface area contributed by atoms with Gasteiger partial charge < -0.3 is 4.74 Å². The van der Waals surface area contributed by atoms with Gasteiger partial charge in [0.1, 0.15) is 5.75 Å². The number of halogens is 2. The number of hydrogen-bond acceptors (Lipinski definition) is 1. The van der Waals surface area contributed by atoms with E-state index in [1.807, 2.05) is 13.8 Å². The van der Waals surface area contributed by atoms with Crippen molar-refractivity contribution in [1.29, 1.82) is 0 Å². The summed E-state index contributed by atoms with van der Waals surface area (Å²) >= 11 is 0. The lowest BCUT2D eigenvalue weighted by atomic mass is 10.0. The molecule has 0 heterocycles. The van der Waals surface area contributed by atoms with Gasteiger partial charge in [0, 0.05) is 6.07 Å². The topological polar surface area (TPSA) is 9.23 Å². The van der Waals surface area contributed by atoms with Crippen molar-refractivity contribution >= 4 is 0 Å². The third-order valence-corrected chi connectivity index (χ3v) is 1.96. The summed E-state index contributed by atoms with van der Waals surface area (Å²) in [5.74, 6) is -1.29. The van der Waals surface area contributed by atoms with Gasteiger partial charge in [-0.3, -0.25) is 0 Å². The second-order valence-electron chi connectivity index (χ2n) is 3.40. The summed E-state index contributed by atoms with van der Waals surface area (Å²) in [6, 6.07) is 2.62. The number of ether oxygens (including phenoxy) is 1. The Balaban J connectivity index is 3.14. The first-order valence-electron chi connectivity index (χ1n) is 4.68. The summed E-state index contributed by atoms with van der Waals surface area (Å²) in [6.45, 7) is 5.88. The van der Waals surface area contributed by atoms with E-state index in [2.05, 4.69) is 0 Å². The Morgan fingerprint density at radius 3 is 2.43 bits per heavy atom. The summed E-state index contributed by atoms with van der Waals surface area (Å²) < 4.78 is 31.4. The molecule has 1 aromatic carbocycles. The molecule has 0 spiro atoms. The van der Waals surface area contributed by atoms with Crippen LogP contribution in [0.5, 0.6) is 5.75 Å². The van der Waals surface area contributed by atoms with Crippen molar-refractivity contribution in [3.05, 3.63) is 29.3 Å². The van der Waals surface area contributed by atoms with Gasteiger partial charge in [-0.05, 0) is 24.5 Å². The van der Waals surface area contributed by atoms with Crippen molar-refractivity contribution < 1.29 is 13.5 Å². The summed E-state index contributed by atoms with van der Waals surface area (Å²) in [7, 11) is 0. The summed E-state index contributed by atoms with van der Waals surface area (Å²) in [4.78, 5) is 0. The van der Waals surface area contributed by atoms with Gasteiger partial charge in [-0.25, -0.2) is 8.78 Å². The molecule has 14 heavy (non-hydrogen) atoms. The molecule has 0 amide bonds. The van der Waals surface area contributed by atoms with Crippen molar-refractivity contribution in [2.75, 3.05) is 6.61 Å². The van der Waals surface area contributed by atoms with E-state index in [1.165, 1.54) is 0 Å². The molecule has 0 bridgehead atoms. The maximum Gasteiger partial charge on any atom is 0.162 e. The van der Waals surface area contributed by atoms with Crippen LogP contribution in [0.15, 0.2) is 12.1 Å². The van der Waals surface area contributed by atoms with Gasteiger partial charge in [0.05, 0.1) is 6.61 Å². The van der Waals surface area contributed by atoms with Crippen LogP contribution in [0, 0.1) is 11.6 Å². The highest BCUT2D eigenvalue weighted by Crippen LogP contribution is 2.26. The second kappa shape index (κ2) is 4.40. The van der Waals surface area contributed by atoms with E-state index in [9.17, 15) is 8.78 Å². The van der Waals surface area contributed by atoms with Gasteiger partial charge in [-0.2, -0.15) is 0 Å². The predicted octanol–water partition coefficient (Wildman–Crippen LogP) is 3.49. The minimum Gasteiger partial charge on any atom is -0.494 e. The van der Waals surface area contributed by atoms with Crippen molar-refractivity contribution in [3.8, 4) is 5.75 Å². The molecule has 0 aliphatic carbocycles. The fourth-order valence-electron chi connectivity index (χ4n) is 1.25. The Kier molecular flexibility index (Phi) is 3.44. The van der Waals surface area contributed by atoms with E-state index < -0.39 is 11.6 Å². The van der Waals surface area contributed by atoms with Crippen LogP contribution >= 0.6 is 0 Å². The fraction of sp³-hybridized carbons (Fsp3) is 0.455. The summed E-state index contributed by atoms with van der Waals surface area (Å²) in [5, 5.41) is 0. The Bertz CT molecular complexity index is 321. The van der Waals surface area contributed by atoms with Gasteiger partial charge in [-0.15, -0.1) is 0 Å². The van der Waals surface area contributed by atoms with Gasteiger partial charge >= 0.3 is 0 Å². The first-order chi connectivity index (χ1) is 6.56. The van der Waals surface area contributed by atoms with Crippen LogP contribution in [0.3, 0.4) is 0 Å². The quantitative estimate of drug-likeness (QED) is 0.725. The van der Waals surface area contributed by atoms with Gasteiger partial charge in [0.15, 0.2) is 11.6 Å². The van der Waals surface area contributed by atoms with E-state index in [-0.39, 0.29) is 5.92 Å². The Hall–Kier alpha value is -1.12. The van der Waals surface area contributed by atoms with E-state index >= 15 is 0 Å². The zero-order chi connectivity index (χ0) is 10.7. The number of hydrogen-bond donors (Lipinski definition) is 0. The van der Waals surface area contributed by atoms with Crippen molar-refractivity contribution in [1.82, 2.24) is 0 Å². The molecule has 3 heteroatoms. The highest BCUT2D eigenvalue weighted by atomic mass is 19.2. The molecule has 0 radical (unpaired) electrons. The maximum absolute atomic E-state index is 13.2. The highest BCUT2D eigenvalue weighted by Gasteiger charge is 2.13.